The first-order chi connectivity index (χ1) is 19.1. The molecule has 5 aromatic rings. The van der Waals surface area contributed by atoms with E-state index in [0.717, 1.165) is 16.2 Å². The van der Waals surface area contributed by atoms with Crippen molar-refractivity contribution in [1.29, 1.82) is 0 Å². The summed E-state index contributed by atoms with van der Waals surface area (Å²) in [6.45, 7) is 5.90. The van der Waals surface area contributed by atoms with Crippen molar-refractivity contribution in [1.82, 2.24) is 4.98 Å². The standard InChI is InChI=1S/C32H30N2O6/c1-32(2,3)29-15-19(30(40-29)31(33)36)14-25(35)22-8-6-7-18-13-20(9-10-21(18)22)39-26-11-12-34-24-17-28(38-5)27(37-4)16-23(24)26/h6-13,15-17H,14H2,1-5H3,(H2,33,36). The summed E-state index contributed by atoms with van der Waals surface area (Å²) < 4.78 is 22.8. The molecule has 2 heterocycles. The first-order valence-electron chi connectivity index (χ1n) is 12.8. The Morgan fingerprint density at radius 3 is 2.35 bits per heavy atom. The van der Waals surface area contributed by atoms with Crippen molar-refractivity contribution in [3.63, 3.8) is 0 Å². The minimum Gasteiger partial charge on any atom is -0.493 e. The predicted molar refractivity (Wildman–Crippen MR) is 153 cm³/mol. The molecule has 8 heteroatoms. The first-order valence-corrected chi connectivity index (χ1v) is 12.8. The molecule has 2 N–H and O–H groups in total. The summed E-state index contributed by atoms with van der Waals surface area (Å²) >= 11 is 0. The highest BCUT2D eigenvalue weighted by Crippen LogP contribution is 2.37. The maximum atomic E-state index is 13.4. The van der Waals surface area contributed by atoms with Crippen LogP contribution in [0.4, 0.5) is 0 Å². The van der Waals surface area contributed by atoms with E-state index in [1.165, 1.54) is 0 Å². The number of Topliss-reactive ketones (excluding diaryl/α,β-unsaturated/α-hetero) is 1. The lowest BCUT2D eigenvalue weighted by Gasteiger charge is -2.13. The molecule has 3 aromatic carbocycles. The fourth-order valence-corrected chi connectivity index (χ4v) is 4.64. The molecule has 40 heavy (non-hydrogen) atoms. The molecule has 8 nitrogen and oxygen atoms in total. The van der Waals surface area contributed by atoms with Crippen LogP contribution in [0.2, 0.25) is 0 Å². The average Bonchev–Trinajstić information content (AvgIpc) is 3.37. The summed E-state index contributed by atoms with van der Waals surface area (Å²) in [6.07, 6.45) is 1.66. The fourth-order valence-electron chi connectivity index (χ4n) is 4.64. The highest BCUT2D eigenvalue weighted by Gasteiger charge is 2.25. The van der Waals surface area contributed by atoms with Gasteiger partial charge in [0.2, 0.25) is 0 Å². The number of furan rings is 1. The van der Waals surface area contributed by atoms with E-state index in [2.05, 4.69) is 4.98 Å². The Balaban J connectivity index is 1.46. The summed E-state index contributed by atoms with van der Waals surface area (Å²) in [5, 5.41) is 2.37. The number of primary amides is 1. The second kappa shape index (κ2) is 10.4. The Labute approximate surface area is 231 Å². The zero-order valence-corrected chi connectivity index (χ0v) is 23.0. The first kappa shape index (κ1) is 26.7. The van der Waals surface area contributed by atoms with Crippen molar-refractivity contribution in [2.24, 2.45) is 5.73 Å². The number of nitrogens with two attached hydrogens (primary N) is 1. The number of hydrogen-bond acceptors (Lipinski definition) is 7. The number of carbonyl (C=O) groups is 2. The minimum absolute atomic E-state index is 0.0104. The SMILES string of the molecule is COc1cc2nccc(Oc3ccc4c(C(=O)Cc5cc(C(C)(C)C)oc5C(N)=O)cccc4c3)c2cc1OC. The number of hydrogen-bond donors (Lipinski definition) is 1. The van der Waals surface area contributed by atoms with Gasteiger partial charge in [-0.3, -0.25) is 14.6 Å². The van der Waals surface area contributed by atoms with Crippen LogP contribution in [-0.4, -0.2) is 30.9 Å². The number of ether oxygens (including phenoxy) is 3. The number of ketones is 1. The molecule has 0 radical (unpaired) electrons. The van der Waals surface area contributed by atoms with E-state index in [4.69, 9.17) is 24.4 Å². The van der Waals surface area contributed by atoms with E-state index in [1.807, 2.05) is 57.2 Å². The van der Waals surface area contributed by atoms with Gasteiger partial charge in [0.15, 0.2) is 23.0 Å². The van der Waals surface area contributed by atoms with Crippen molar-refractivity contribution in [3.05, 3.63) is 89.5 Å². The zero-order valence-electron chi connectivity index (χ0n) is 23.0. The average molecular weight is 539 g/mol. The van der Waals surface area contributed by atoms with Crippen LogP contribution in [-0.2, 0) is 11.8 Å². The lowest BCUT2D eigenvalue weighted by molar-refractivity contribution is 0.0968. The van der Waals surface area contributed by atoms with Crippen LogP contribution in [0.15, 0.2) is 71.3 Å². The van der Waals surface area contributed by atoms with Crippen molar-refractivity contribution in [3.8, 4) is 23.0 Å². The summed E-state index contributed by atoms with van der Waals surface area (Å²) in [5.74, 6) is 2.13. The number of carbonyl (C=O) groups excluding carboxylic acids is 2. The van der Waals surface area contributed by atoms with Gasteiger partial charge in [-0.1, -0.05) is 39.0 Å². The van der Waals surface area contributed by atoms with Crippen molar-refractivity contribution < 1.29 is 28.2 Å². The van der Waals surface area contributed by atoms with Crippen LogP contribution in [0.5, 0.6) is 23.0 Å². The molecule has 0 aliphatic rings. The maximum Gasteiger partial charge on any atom is 0.284 e. The number of fused-ring (bicyclic) bond motifs is 2. The summed E-state index contributed by atoms with van der Waals surface area (Å²) in [5.41, 5.74) is 6.93. The smallest absolute Gasteiger partial charge is 0.284 e. The van der Waals surface area contributed by atoms with E-state index in [-0.39, 0.29) is 23.4 Å². The van der Waals surface area contributed by atoms with E-state index in [0.29, 0.717) is 45.4 Å². The molecule has 0 unspecified atom stereocenters. The zero-order chi connectivity index (χ0) is 28.6. The second-order valence-electron chi connectivity index (χ2n) is 10.5. The maximum absolute atomic E-state index is 13.4. The quantitative estimate of drug-likeness (QED) is 0.221. The van der Waals surface area contributed by atoms with E-state index < -0.39 is 5.91 Å². The van der Waals surface area contributed by atoms with E-state index in [9.17, 15) is 9.59 Å². The molecule has 0 aliphatic carbocycles. The Morgan fingerprint density at radius 2 is 1.65 bits per heavy atom. The normalized spacial score (nSPS) is 11.5. The Morgan fingerprint density at radius 1 is 0.900 bits per heavy atom. The third-order valence-corrected chi connectivity index (χ3v) is 6.71. The second-order valence-corrected chi connectivity index (χ2v) is 10.5. The lowest BCUT2D eigenvalue weighted by atomic mass is 9.92. The van der Waals surface area contributed by atoms with Gasteiger partial charge in [-0.05, 0) is 47.2 Å². The molecular weight excluding hydrogens is 508 g/mol. The number of pyridine rings is 1. The van der Waals surface area contributed by atoms with Crippen molar-refractivity contribution in [2.75, 3.05) is 14.2 Å². The minimum atomic E-state index is -0.697. The molecule has 5 rings (SSSR count). The molecule has 0 aliphatic heterocycles. The highest BCUT2D eigenvalue weighted by molar-refractivity contribution is 6.09. The van der Waals surface area contributed by atoms with Crippen LogP contribution in [0.1, 0.15) is 53.0 Å². The van der Waals surface area contributed by atoms with Crippen molar-refractivity contribution >= 4 is 33.4 Å². The van der Waals surface area contributed by atoms with Crippen LogP contribution >= 0.6 is 0 Å². The molecule has 204 valence electrons. The topological polar surface area (TPSA) is 114 Å². The third kappa shape index (κ3) is 5.08. The molecule has 0 bridgehead atoms. The Hall–Kier alpha value is -4.85. The van der Waals surface area contributed by atoms with E-state index in [1.54, 1.807) is 44.7 Å². The summed E-state index contributed by atoms with van der Waals surface area (Å²) in [6, 6.07) is 18.2. The van der Waals surface area contributed by atoms with Gasteiger partial charge < -0.3 is 24.4 Å². The third-order valence-electron chi connectivity index (χ3n) is 6.71. The number of aromatic nitrogens is 1. The van der Waals surface area contributed by atoms with E-state index >= 15 is 0 Å². The molecular formula is C32H30N2O6. The lowest BCUT2D eigenvalue weighted by Crippen LogP contribution is -2.14. The van der Waals surface area contributed by atoms with Gasteiger partial charge in [-0.25, -0.2) is 0 Å². The van der Waals surface area contributed by atoms with Gasteiger partial charge in [0.1, 0.15) is 17.3 Å². The number of nitrogens with zero attached hydrogens (tertiary/aromatic N) is 1. The predicted octanol–water partition coefficient (Wildman–Crippen LogP) is 6.61. The van der Waals surface area contributed by atoms with Crippen molar-refractivity contribution in [2.45, 2.75) is 32.6 Å². The Bertz CT molecular complexity index is 1760. The summed E-state index contributed by atoms with van der Waals surface area (Å²) in [7, 11) is 3.15. The van der Waals surface area contributed by atoms with Gasteiger partial charge in [-0.2, -0.15) is 0 Å². The van der Waals surface area contributed by atoms with Crippen LogP contribution < -0.4 is 19.9 Å². The molecule has 1 amide bonds. The molecule has 2 aromatic heterocycles. The molecule has 0 saturated carbocycles. The fraction of sp³-hybridized carbons (Fsp3) is 0.219. The molecule has 0 fully saturated rings. The molecule has 0 atom stereocenters. The van der Waals surface area contributed by atoms with Gasteiger partial charge in [0, 0.05) is 40.6 Å². The van der Waals surface area contributed by atoms with Gasteiger partial charge in [-0.15, -0.1) is 0 Å². The van der Waals surface area contributed by atoms with Crippen LogP contribution in [0, 0.1) is 0 Å². The van der Waals surface area contributed by atoms with Gasteiger partial charge in [0.25, 0.3) is 5.91 Å². The van der Waals surface area contributed by atoms with Gasteiger partial charge >= 0.3 is 0 Å². The number of methoxy groups -OCH3 is 2. The monoisotopic (exact) mass is 538 g/mol. The summed E-state index contributed by atoms with van der Waals surface area (Å²) in [4.78, 5) is 29.9. The molecule has 0 spiro atoms. The molecule has 0 saturated heterocycles. The number of amides is 1. The Kier molecular flexibility index (Phi) is 6.94. The largest absolute Gasteiger partial charge is 0.493 e. The number of rotatable bonds is 8. The number of benzene rings is 3. The van der Waals surface area contributed by atoms with Gasteiger partial charge in [0.05, 0.1) is 19.7 Å². The highest BCUT2D eigenvalue weighted by atomic mass is 16.5. The van der Waals surface area contributed by atoms with Crippen LogP contribution in [0.3, 0.4) is 0 Å². The van der Waals surface area contributed by atoms with Crippen LogP contribution in [0.25, 0.3) is 21.7 Å².